The third-order valence-electron chi connectivity index (χ3n) is 3.67. The number of benzene rings is 2. The predicted molar refractivity (Wildman–Crippen MR) is 90.4 cm³/mol. The molecular formula is C16H20N2O2P+. The summed E-state index contributed by atoms with van der Waals surface area (Å²) >= 11 is 0. The Hall–Kier alpha value is -1.93. The summed E-state index contributed by atoms with van der Waals surface area (Å²) in [6.45, 7) is 2.13. The molecule has 1 aliphatic heterocycles. The van der Waals surface area contributed by atoms with E-state index in [9.17, 15) is 0 Å². The largest absolute Gasteiger partial charge is 0.497 e. The van der Waals surface area contributed by atoms with Crippen LogP contribution in [-0.4, -0.2) is 27.3 Å². The zero-order chi connectivity index (χ0) is 14.7. The molecule has 4 nitrogen and oxygen atoms in total. The molecule has 0 aliphatic carbocycles. The summed E-state index contributed by atoms with van der Waals surface area (Å²) in [5.41, 5.74) is 2.53. The summed E-state index contributed by atoms with van der Waals surface area (Å²) in [7, 11) is 3.47. The zero-order valence-corrected chi connectivity index (χ0v) is 13.5. The van der Waals surface area contributed by atoms with Gasteiger partial charge in [0.25, 0.3) is 0 Å². The Morgan fingerprint density at radius 1 is 0.714 bits per heavy atom. The summed E-state index contributed by atoms with van der Waals surface area (Å²) in [6, 6.07) is 16.6. The maximum Gasteiger partial charge on any atom is 0.170 e. The third-order valence-corrected chi connectivity index (χ3v) is 5.34. The molecule has 1 saturated heterocycles. The fraction of sp³-hybridized carbons (Fsp3) is 0.250. The van der Waals surface area contributed by atoms with Crippen LogP contribution < -0.4 is 18.8 Å². The lowest BCUT2D eigenvalue weighted by atomic mass is 10.3. The van der Waals surface area contributed by atoms with Crippen LogP contribution in [0.4, 0.5) is 11.4 Å². The van der Waals surface area contributed by atoms with E-state index in [2.05, 4.69) is 33.6 Å². The second-order valence-electron chi connectivity index (χ2n) is 4.90. The van der Waals surface area contributed by atoms with Crippen LogP contribution in [0.5, 0.6) is 11.5 Å². The Labute approximate surface area is 127 Å². The van der Waals surface area contributed by atoms with Gasteiger partial charge in [-0.3, -0.25) is 0 Å². The number of methoxy groups -OCH3 is 2. The van der Waals surface area contributed by atoms with Gasteiger partial charge >= 0.3 is 0 Å². The van der Waals surface area contributed by atoms with E-state index in [0.717, 1.165) is 24.6 Å². The first-order valence-electron chi connectivity index (χ1n) is 6.96. The zero-order valence-electron chi connectivity index (χ0n) is 12.3. The first kappa shape index (κ1) is 14.0. The van der Waals surface area contributed by atoms with Crippen molar-refractivity contribution in [3.05, 3.63) is 48.5 Å². The molecule has 2 aromatic rings. The maximum absolute atomic E-state index is 5.21. The van der Waals surface area contributed by atoms with Crippen LogP contribution in [0, 0.1) is 0 Å². The van der Waals surface area contributed by atoms with E-state index >= 15 is 0 Å². The van der Waals surface area contributed by atoms with Crippen molar-refractivity contribution < 1.29 is 9.47 Å². The normalized spacial score (nSPS) is 14.4. The molecule has 5 heteroatoms. The quantitative estimate of drug-likeness (QED) is 0.809. The van der Waals surface area contributed by atoms with Crippen molar-refractivity contribution in [1.29, 1.82) is 0 Å². The van der Waals surface area contributed by atoms with Crippen molar-refractivity contribution >= 4 is 20.3 Å². The van der Waals surface area contributed by atoms with E-state index in [4.69, 9.17) is 9.47 Å². The fourth-order valence-corrected chi connectivity index (χ4v) is 3.85. The standard InChI is InChI=1S/C16H19N2O2P/c1-19-15-7-3-13(4-8-15)17-11-12-18(21-17)14-5-9-16(20-2)10-6-14/h3-10,21H,11-12H2,1-2H3/p+1. The van der Waals surface area contributed by atoms with Crippen LogP contribution in [0.3, 0.4) is 0 Å². The molecule has 0 atom stereocenters. The van der Waals surface area contributed by atoms with Crippen LogP contribution in [0.2, 0.25) is 0 Å². The van der Waals surface area contributed by atoms with E-state index in [-0.39, 0.29) is 8.88 Å². The number of hydrogen-bond acceptors (Lipinski definition) is 4. The molecule has 0 amide bonds. The Bertz CT molecular complexity index is 533. The topological polar surface area (TPSA) is 24.9 Å². The lowest BCUT2D eigenvalue weighted by molar-refractivity contribution is 0.414. The van der Waals surface area contributed by atoms with Crippen molar-refractivity contribution in [2.24, 2.45) is 0 Å². The minimum Gasteiger partial charge on any atom is -0.497 e. The lowest BCUT2D eigenvalue weighted by Gasteiger charge is -2.14. The lowest BCUT2D eigenvalue weighted by Crippen LogP contribution is -2.10. The number of nitrogens with zero attached hydrogens (tertiary/aromatic N) is 2. The van der Waals surface area contributed by atoms with Crippen LogP contribution in [0.15, 0.2) is 48.5 Å². The Kier molecular flexibility index (Phi) is 4.16. The summed E-state index contributed by atoms with van der Waals surface area (Å²) in [5, 5.41) is 0. The molecule has 0 N–H and O–H groups in total. The molecule has 0 unspecified atom stereocenters. The predicted octanol–water partition coefficient (Wildman–Crippen LogP) is 3.27. The van der Waals surface area contributed by atoms with E-state index in [1.54, 1.807) is 14.2 Å². The number of ether oxygens (including phenoxy) is 2. The number of anilines is 2. The third kappa shape index (κ3) is 3.06. The molecule has 0 spiro atoms. The van der Waals surface area contributed by atoms with Gasteiger partial charge in [0, 0.05) is 0 Å². The average Bonchev–Trinajstić information content (AvgIpc) is 3.05. The van der Waals surface area contributed by atoms with Crippen LogP contribution in [0.25, 0.3) is 0 Å². The van der Waals surface area contributed by atoms with Gasteiger partial charge in [0.2, 0.25) is 0 Å². The second kappa shape index (κ2) is 6.23. The minimum absolute atomic E-state index is 0.0741. The first-order valence-corrected chi connectivity index (χ1v) is 8.00. The van der Waals surface area contributed by atoms with Crippen LogP contribution in [-0.2, 0) is 0 Å². The van der Waals surface area contributed by atoms with Crippen LogP contribution >= 0.6 is 8.88 Å². The van der Waals surface area contributed by atoms with Crippen molar-refractivity contribution in [3.63, 3.8) is 0 Å². The maximum atomic E-state index is 5.21. The summed E-state index contributed by atoms with van der Waals surface area (Å²) in [5.74, 6) is 1.81. The summed E-state index contributed by atoms with van der Waals surface area (Å²) in [4.78, 5) is 0. The number of rotatable bonds is 4. The number of hydrogen-bond donors (Lipinski definition) is 0. The summed E-state index contributed by atoms with van der Waals surface area (Å²) < 4.78 is 15.3. The van der Waals surface area contributed by atoms with Gasteiger partial charge in [-0.1, -0.05) is 0 Å². The molecule has 0 bridgehead atoms. The summed E-state index contributed by atoms with van der Waals surface area (Å²) in [6.07, 6.45) is 0. The van der Waals surface area contributed by atoms with Crippen LogP contribution in [0.1, 0.15) is 0 Å². The van der Waals surface area contributed by atoms with E-state index in [0.29, 0.717) is 0 Å². The molecule has 0 aromatic heterocycles. The Morgan fingerprint density at radius 2 is 1.10 bits per heavy atom. The monoisotopic (exact) mass is 303 g/mol. The first-order chi connectivity index (χ1) is 10.3. The van der Waals surface area contributed by atoms with Gasteiger partial charge in [0.1, 0.15) is 11.5 Å². The molecule has 0 radical (unpaired) electrons. The van der Waals surface area contributed by atoms with Crippen molar-refractivity contribution in [2.45, 2.75) is 0 Å². The smallest absolute Gasteiger partial charge is 0.170 e. The molecule has 0 saturated carbocycles. The molecule has 1 heterocycles. The molecule has 21 heavy (non-hydrogen) atoms. The van der Waals surface area contributed by atoms with E-state index in [1.165, 1.54) is 11.4 Å². The fourth-order valence-electron chi connectivity index (χ4n) is 2.44. The van der Waals surface area contributed by atoms with Crippen molar-refractivity contribution in [2.75, 3.05) is 36.6 Å². The van der Waals surface area contributed by atoms with Gasteiger partial charge in [0.05, 0.1) is 38.7 Å². The average molecular weight is 303 g/mol. The Balaban J connectivity index is 1.68. The highest BCUT2D eigenvalue weighted by Gasteiger charge is 2.27. The van der Waals surface area contributed by atoms with Gasteiger partial charge in [-0.2, -0.15) is 0 Å². The highest BCUT2D eigenvalue weighted by Crippen LogP contribution is 2.39. The van der Waals surface area contributed by atoms with Gasteiger partial charge < -0.3 is 9.47 Å². The second-order valence-corrected chi connectivity index (χ2v) is 6.38. The highest BCUT2D eigenvalue weighted by molar-refractivity contribution is 7.42. The molecule has 110 valence electrons. The molecule has 1 fully saturated rings. The van der Waals surface area contributed by atoms with E-state index < -0.39 is 0 Å². The Morgan fingerprint density at radius 3 is 1.43 bits per heavy atom. The molecule has 1 aliphatic rings. The van der Waals surface area contributed by atoms with Gasteiger partial charge in [0.15, 0.2) is 8.88 Å². The van der Waals surface area contributed by atoms with E-state index in [1.807, 2.05) is 24.3 Å². The molecular weight excluding hydrogens is 283 g/mol. The minimum atomic E-state index is 0.0741. The van der Waals surface area contributed by atoms with Crippen molar-refractivity contribution in [1.82, 2.24) is 0 Å². The van der Waals surface area contributed by atoms with Gasteiger partial charge in [-0.05, 0) is 48.5 Å². The molecule has 3 rings (SSSR count). The SMILES string of the molecule is COc1ccc(N2CCN(c3ccc(OC)cc3)[PH2+]2)cc1. The van der Waals surface area contributed by atoms with Crippen molar-refractivity contribution in [3.8, 4) is 11.5 Å². The van der Waals surface area contributed by atoms with Gasteiger partial charge in [-0.25, -0.2) is 9.34 Å². The highest BCUT2D eigenvalue weighted by atomic mass is 31.1. The van der Waals surface area contributed by atoms with Gasteiger partial charge in [-0.15, -0.1) is 0 Å². The molecule has 2 aromatic carbocycles.